The molecule has 6 heteroatoms. The second kappa shape index (κ2) is 7.24. The lowest BCUT2D eigenvalue weighted by molar-refractivity contribution is -0.124. The second-order valence-electron chi connectivity index (χ2n) is 8.12. The zero-order valence-electron chi connectivity index (χ0n) is 17.1. The minimum Gasteiger partial charge on any atom is -0.353 e. The van der Waals surface area contributed by atoms with E-state index in [0.717, 1.165) is 35.1 Å². The molecule has 0 aromatic heterocycles. The second-order valence-corrected chi connectivity index (χ2v) is 9.74. The van der Waals surface area contributed by atoms with Crippen LogP contribution in [-0.4, -0.2) is 20.4 Å². The lowest BCUT2D eigenvalue weighted by Crippen LogP contribution is -2.38. The van der Waals surface area contributed by atoms with Crippen molar-refractivity contribution in [2.45, 2.75) is 63.8 Å². The van der Waals surface area contributed by atoms with Crippen LogP contribution in [-0.2, 0) is 20.2 Å². The highest BCUT2D eigenvalue weighted by molar-refractivity contribution is 7.92. The van der Waals surface area contributed by atoms with Crippen LogP contribution in [0.15, 0.2) is 41.3 Å². The van der Waals surface area contributed by atoms with E-state index in [4.69, 9.17) is 0 Å². The molecule has 0 radical (unpaired) electrons. The Morgan fingerprint density at radius 3 is 2.00 bits per heavy atom. The predicted octanol–water partition coefficient (Wildman–Crippen LogP) is 3.97. The molecule has 0 atom stereocenters. The van der Waals surface area contributed by atoms with Crippen molar-refractivity contribution in [2.75, 3.05) is 4.72 Å². The van der Waals surface area contributed by atoms with Crippen LogP contribution in [0.5, 0.6) is 0 Å². The van der Waals surface area contributed by atoms with E-state index in [-0.39, 0.29) is 11.9 Å². The van der Waals surface area contributed by atoms with Crippen LogP contribution in [0, 0.1) is 20.8 Å². The average molecular weight is 401 g/mol. The molecule has 0 unspecified atom stereocenters. The molecular weight excluding hydrogens is 372 g/mol. The van der Waals surface area contributed by atoms with E-state index < -0.39 is 15.4 Å². The van der Waals surface area contributed by atoms with Gasteiger partial charge in [-0.3, -0.25) is 9.52 Å². The standard InChI is InChI=1S/C22H28N2O3S/c1-14(2)23-21(25)22(10-11-22)18-6-8-19(9-7-18)24-28(26,27)20-16(4)12-15(3)13-17(20)5/h6-9,12-14,24H,10-11H2,1-5H3,(H,23,25). The van der Waals surface area contributed by atoms with E-state index in [0.29, 0.717) is 10.6 Å². The number of carbonyl (C=O) groups is 1. The van der Waals surface area contributed by atoms with Crippen LogP contribution >= 0.6 is 0 Å². The van der Waals surface area contributed by atoms with Crippen LogP contribution < -0.4 is 10.0 Å². The SMILES string of the molecule is Cc1cc(C)c(S(=O)(=O)Nc2ccc(C3(C(=O)NC(C)C)CC3)cc2)c(C)c1. The topological polar surface area (TPSA) is 75.3 Å². The first-order valence-corrected chi connectivity index (χ1v) is 11.1. The molecule has 1 fully saturated rings. The van der Waals surface area contributed by atoms with E-state index in [2.05, 4.69) is 10.0 Å². The van der Waals surface area contributed by atoms with Crippen molar-refractivity contribution in [1.29, 1.82) is 0 Å². The van der Waals surface area contributed by atoms with Crippen molar-refractivity contribution in [2.24, 2.45) is 0 Å². The monoisotopic (exact) mass is 400 g/mol. The van der Waals surface area contributed by atoms with E-state index in [1.807, 2.05) is 58.9 Å². The van der Waals surface area contributed by atoms with Crippen molar-refractivity contribution in [3.63, 3.8) is 0 Å². The zero-order valence-corrected chi connectivity index (χ0v) is 17.9. The van der Waals surface area contributed by atoms with Gasteiger partial charge in [0.25, 0.3) is 10.0 Å². The summed E-state index contributed by atoms with van der Waals surface area (Å²) < 4.78 is 28.5. The van der Waals surface area contributed by atoms with Gasteiger partial charge >= 0.3 is 0 Å². The van der Waals surface area contributed by atoms with Crippen LogP contribution in [0.25, 0.3) is 0 Å². The lowest BCUT2D eigenvalue weighted by atomic mass is 9.94. The van der Waals surface area contributed by atoms with Crippen LogP contribution in [0.3, 0.4) is 0 Å². The minimum absolute atomic E-state index is 0.0433. The van der Waals surface area contributed by atoms with Gasteiger partial charge in [-0.1, -0.05) is 29.8 Å². The van der Waals surface area contributed by atoms with Gasteiger partial charge in [0.1, 0.15) is 0 Å². The summed E-state index contributed by atoms with van der Waals surface area (Å²) in [6, 6.07) is 11.0. The molecule has 1 amide bonds. The number of amides is 1. The Kier molecular flexibility index (Phi) is 5.28. The quantitative estimate of drug-likeness (QED) is 0.770. The van der Waals surface area contributed by atoms with Gasteiger partial charge in [-0.2, -0.15) is 0 Å². The molecule has 2 N–H and O–H groups in total. The first-order valence-electron chi connectivity index (χ1n) is 9.57. The molecule has 0 aliphatic heterocycles. The molecule has 2 aromatic rings. The summed E-state index contributed by atoms with van der Waals surface area (Å²) in [5, 5.41) is 2.98. The fourth-order valence-corrected chi connectivity index (χ4v) is 5.34. The molecule has 3 rings (SSSR count). The van der Waals surface area contributed by atoms with Crippen LogP contribution in [0.4, 0.5) is 5.69 Å². The average Bonchev–Trinajstić information content (AvgIpc) is 3.35. The smallest absolute Gasteiger partial charge is 0.262 e. The Balaban J connectivity index is 1.83. The Bertz CT molecular complexity index is 982. The Labute approximate surface area is 167 Å². The Morgan fingerprint density at radius 1 is 1.00 bits per heavy atom. The zero-order chi connectivity index (χ0) is 20.7. The first kappa shape index (κ1) is 20.4. The first-order chi connectivity index (χ1) is 13.0. The minimum atomic E-state index is -3.69. The summed E-state index contributed by atoms with van der Waals surface area (Å²) in [7, 11) is -3.69. The molecule has 0 bridgehead atoms. The lowest BCUT2D eigenvalue weighted by Gasteiger charge is -2.18. The molecule has 1 saturated carbocycles. The van der Waals surface area contributed by atoms with E-state index in [1.165, 1.54) is 0 Å². The number of sulfonamides is 1. The largest absolute Gasteiger partial charge is 0.353 e. The van der Waals surface area contributed by atoms with Gasteiger partial charge in [-0.25, -0.2) is 8.42 Å². The maximum absolute atomic E-state index is 12.9. The highest BCUT2D eigenvalue weighted by atomic mass is 32.2. The van der Waals surface area contributed by atoms with Crippen molar-refractivity contribution in [3.8, 4) is 0 Å². The third-order valence-corrected chi connectivity index (χ3v) is 6.85. The number of rotatable bonds is 6. The molecule has 0 saturated heterocycles. The van der Waals surface area contributed by atoms with E-state index >= 15 is 0 Å². The van der Waals surface area contributed by atoms with Gasteiger partial charge in [-0.15, -0.1) is 0 Å². The summed E-state index contributed by atoms with van der Waals surface area (Å²) in [4.78, 5) is 12.8. The number of nitrogens with one attached hydrogen (secondary N) is 2. The van der Waals surface area contributed by atoms with Crippen molar-refractivity contribution < 1.29 is 13.2 Å². The van der Waals surface area contributed by atoms with Crippen LogP contribution in [0.1, 0.15) is 48.9 Å². The summed E-state index contributed by atoms with van der Waals surface area (Å²) >= 11 is 0. The molecule has 1 aliphatic carbocycles. The molecule has 5 nitrogen and oxygen atoms in total. The van der Waals surface area contributed by atoms with Crippen LogP contribution in [0.2, 0.25) is 0 Å². The van der Waals surface area contributed by atoms with Gasteiger partial charge < -0.3 is 5.32 Å². The van der Waals surface area contributed by atoms with E-state index in [9.17, 15) is 13.2 Å². The Morgan fingerprint density at radius 2 is 1.54 bits per heavy atom. The number of hydrogen-bond acceptors (Lipinski definition) is 3. The van der Waals surface area contributed by atoms with E-state index in [1.54, 1.807) is 12.1 Å². The maximum Gasteiger partial charge on any atom is 0.262 e. The summed E-state index contributed by atoms with van der Waals surface area (Å²) in [5.74, 6) is 0.0433. The summed E-state index contributed by atoms with van der Waals surface area (Å²) in [6.45, 7) is 9.46. The van der Waals surface area contributed by atoms with Gasteiger partial charge in [0.15, 0.2) is 0 Å². The molecule has 1 aliphatic rings. The van der Waals surface area contributed by atoms with Gasteiger partial charge in [-0.05, 0) is 76.3 Å². The van der Waals surface area contributed by atoms with Crippen molar-refractivity contribution in [3.05, 3.63) is 58.7 Å². The number of hydrogen-bond donors (Lipinski definition) is 2. The number of benzene rings is 2. The predicted molar refractivity (Wildman–Crippen MR) is 112 cm³/mol. The highest BCUT2D eigenvalue weighted by Gasteiger charge is 2.51. The number of carbonyl (C=O) groups excluding carboxylic acids is 1. The number of anilines is 1. The molecule has 150 valence electrons. The van der Waals surface area contributed by atoms with Crippen molar-refractivity contribution >= 4 is 21.6 Å². The molecule has 28 heavy (non-hydrogen) atoms. The van der Waals surface area contributed by atoms with Crippen molar-refractivity contribution in [1.82, 2.24) is 5.32 Å². The van der Waals surface area contributed by atoms with Gasteiger partial charge in [0.05, 0.1) is 10.3 Å². The number of aryl methyl sites for hydroxylation is 3. The van der Waals surface area contributed by atoms with Gasteiger partial charge in [0, 0.05) is 11.7 Å². The van der Waals surface area contributed by atoms with Gasteiger partial charge in [0.2, 0.25) is 5.91 Å². The molecule has 0 heterocycles. The maximum atomic E-state index is 12.9. The third-order valence-electron chi connectivity index (χ3n) is 5.17. The normalized spacial score (nSPS) is 15.4. The fraction of sp³-hybridized carbons (Fsp3) is 0.409. The molecule has 0 spiro atoms. The molecular formula is C22H28N2O3S. The third kappa shape index (κ3) is 3.92. The fourth-order valence-electron chi connectivity index (χ4n) is 3.83. The summed E-state index contributed by atoms with van der Waals surface area (Å²) in [6.07, 6.45) is 1.64. The molecule has 2 aromatic carbocycles. The summed E-state index contributed by atoms with van der Waals surface area (Å²) in [5.41, 5.74) is 3.44. The Hall–Kier alpha value is -2.34. The highest BCUT2D eigenvalue weighted by Crippen LogP contribution is 2.48.